The van der Waals surface area contributed by atoms with Crippen LogP contribution >= 0.6 is 11.8 Å². The van der Waals surface area contributed by atoms with E-state index in [1.807, 2.05) is 12.1 Å². The Morgan fingerprint density at radius 3 is 2.55 bits per heavy atom. The first-order valence-corrected chi connectivity index (χ1v) is 14.5. The van der Waals surface area contributed by atoms with Crippen molar-refractivity contribution in [3.8, 4) is 6.07 Å². The molecule has 1 aromatic carbocycles. The zero-order valence-corrected chi connectivity index (χ0v) is 22.3. The van der Waals surface area contributed by atoms with Gasteiger partial charge in [-0.05, 0) is 37.5 Å². The molecule has 2 unspecified atom stereocenters. The highest BCUT2D eigenvalue weighted by Gasteiger charge is 2.49. The monoisotopic (exact) mass is 553 g/mol. The number of nitrogens with two attached hydrogens (primary N) is 1. The van der Waals surface area contributed by atoms with Crippen LogP contribution in [0.2, 0.25) is 0 Å². The van der Waals surface area contributed by atoms with E-state index < -0.39 is 22.2 Å². The molecular formula is C25H27N7O4S2. The summed E-state index contributed by atoms with van der Waals surface area (Å²) in [5.41, 5.74) is 7.71. The van der Waals surface area contributed by atoms with Crippen molar-refractivity contribution in [1.29, 1.82) is 10.7 Å². The first-order chi connectivity index (χ1) is 18.2. The van der Waals surface area contributed by atoms with Crippen molar-refractivity contribution in [3.05, 3.63) is 70.8 Å². The number of aromatic nitrogens is 2. The molecule has 2 aromatic heterocycles. The number of hydrogen-bond donors (Lipinski definition) is 2. The van der Waals surface area contributed by atoms with E-state index in [1.165, 1.54) is 37.4 Å². The Kier molecular flexibility index (Phi) is 7.15. The quantitative estimate of drug-likeness (QED) is 0.244. The minimum absolute atomic E-state index is 0.0295. The number of furan rings is 1. The van der Waals surface area contributed by atoms with Crippen LogP contribution in [-0.4, -0.2) is 64.2 Å². The molecule has 0 radical (unpaired) electrons. The van der Waals surface area contributed by atoms with Gasteiger partial charge in [-0.1, -0.05) is 24.3 Å². The maximum absolute atomic E-state index is 13.3. The van der Waals surface area contributed by atoms with Crippen molar-refractivity contribution in [1.82, 2.24) is 18.4 Å². The van der Waals surface area contributed by atoms with Crippen LogP contribution in [0, 0.1) is 16.7 Å². The molecule has 5 rings (SSSR count). The fourth-order valence-corrected chi connectivity index (χ4v) is 7.72. The second kappa shape index (κ2) is 10.4. The Bertz CT molecular complexity index is 1500. The molecule has 3 N–H and O–H groups in total. The van der Waals surface area contributed by atoms with E-state index >= 15 is 0 Å². The van der Waals surface area contributed by atoms with Crippen LogP contribution in [0.5, 0.6) is 0 Å². The minimum Gasteiger partial charge on any atom is -0.459 e. The molecule has 3 aromatic rings. The van der Waals surface area contributed by atoms with Gasteiger partial charge in [0.15, 0.2) is 5.76 Å². The predicted octanol–water partition coefficient (Wildman–Crippen LogP) is 2.74. The van der Waals surface area contributed by atoms with Crippen molar-refractivity contribution < 1.29 is 17.6 Å². The number of nitrogens with one attached hydrogen (secondary N) is 1. The summed E-state index contributed by atoms with van der Waals surface area (Å²) in [7, 11) is -3.58. The number of thioether (sulfide) groups is 1. The molecule has 11 nitrogen and oxygen atoms in total. The summed E-state index contributed by atoms with van der Waals surface area (Å²) in [6.45, 7) is 3.03. The highest BCUT2D eigenvalue weighted by atomic mass is 32.2. The lowest BCUT2D eigenvalue weighted by Gasteiger charge is -2.45. The van der Waals surface area contributed by atoms with E-state index in [9.17, 15) is 18.5 Å². The van der Waals surface area contributed by atoms with Gasteiger partial charge in [0.05, 0.1) is 12.0 Å². The van der Waals surface area contributed by atoms with Gasteiger partial charge in [0.25, 0.3) is 10.2 Å². The van der Waals surface area contributed by atoms with Crippen molar-refractivity contribution in [2.45, 2.75) is 42.5 Å². The molecule has 198 valence electrons. The standard InChI is InChI=1S/C25H27N7O4S2/c1-16-20(14-31(16)38(34,35)30-10-2-3-11-30)22-19(13-26)25(32(29-22)24(33)21-5-4-12-36-21)37-15-17-6-8-18(9-7-17)23(27)28/h4-9,12,16,20H,2-3,10-11,14-15H2,1H3,(H3,27,28). The first-order valence-electron chi connectivity index (χ1n) is 12.2. The highest BCUT2D eigenvalue weighted by Crippen LogP contribution is 2.41. The van der Waals surface area contributed by atoms with E-state index in [-0.39, 0.29) is 29.6 Å². The Labute approximate surface area is 224 Å². The third-order valence-electron chi connectivity index (χ3n) is 7.00. The molecule has 0 saturated carbocycles. The summed E-state index contributed by atoms with van der Waals surface area (Å²) in [6, 6.07) is 12.1. The number of nitriles is 1. The molecule has 2 saturated heterocycles. The number of amidine groups is 1. The van der Waals surface area contributed by atoms with Crippen LogP contribution in [0.15, 0.2) is 52.1 Å². The number of nitrogen functional groups attached to an aromatic ring is 1. The lowest BCUT2D eigenvalue weighted by atomic mass is 9.88. The van der Waals surface area contributed by atoms with Gasteiger partial charge in [-0.2, -0.15) is 32.1 Å². The second-order valence-electron chi connectivity index (χ2n) is 9.30. The van der Waals surface area contributed by atoms with Gasteiger partial charge >= 0.3 is 5.91 Å². The van der Waals surface area contributed by atoms with Crippen LogP contribution in [0.4, 0.5) is 0 Å². The first kappa shape index (κ1) is 26.2. The molecule has 2 aliphatic rings. The molecule has 0 aliphatic carbocycles. The Morgan fingerprint density at radius 2 is 1.97 bits per heavy atom. The topological polar surface area (TPSA) is 162 Å². The van der Waals surface area contributed by atoms with Crippen LogP contribution in [0.25, 0.3) is 0 Å². The number of carbonyl (C=O) groups is 1. The lowest BCUT2D eigenvalue weighted by molar-refractivity contribution is 0.0903. The third-order valence-corrected chi connectivity index (χ3v) is 10.2. The maximum Gasteiger partial charge on any atom is 0.314 e. The Hall–Kier alpha value is -3.44. The summed E-state index contributed by atoms with van der Waals surface area (Å²) < 4.78 is 35.6. The molecule has 0 bridgehead atoms. The van der Waals surface area contributed by atoms with Crippen LogP contribution in [0.3, 0.4) is 0 Å². The van der Waals surface area contributed by atoms with Crippen molar-refractivity contribution in [2.75, 3.05) is 19.6 Å². The molecule has 2 fully saturated rings. The van der Waals surface area contributed by atoms with E-state index in [4.69, 9.17) is 15.6 Å². The minimum atomic E-state index is -3.58. The predicted molar refractivity (Wildman–Crippen MR) is 141 cm³/mol. The molecule has 2 atom stereocenters. The van der Waals surface area contributed by atoms with Gasteiger partial charge in [0, 0.05) is 42.9 Å². The summed E-state index contributed by atoms with van der Waals surface area (Å²) >= 11 is 1.28. The lowest BCUT2D eigenvalue weighted by Crippen LogP contribution is -2.59. The smallest absolute Gasteiger partial charge is 0.314 e. The van der Waals surface area contributed by atoms with Crippen molar-refractivity contribution in [3.63, 3.8) is 0 Å². The van der Waals surface area contributed by atoms with E-state index in [1.54, 1.807) is 25.1 Å². The van der Waals surface area contributed by atoms with Crippen LogP contribution < -0.4 is 5.73 Å². The van der Waals surface area contributed by atoms with Gasteiger partial charge in [0.1, 0.15) is 22.5 Å². The number of hydrogen-bond acceptors (Lipinski definition) is 8. The molecule has 4 heterocycles. The van der Waals surface area contributed by atoms with Crippen molar-refractivity contribution >= 4 is 33.7 Å². The summed E-state index contributed by atoms with van der Waals surface area (Å²) in [4.78, 5) is 13.3. The Balaban J connectivity index is 1.45. The molecular weight excluding hydrogens is 526 g/mol. The molecule has 0 spiro atoms. The second-order valence-corrected chi connectivity index (χ2v) is 12.1. The molecule has 13 heteroatoms. The Morgan fingerprint density at radius 1 is 1.26 bits per heavy atom. The normalized spacial score (nSPS) is 20.2. The molecule has 0 amide bonds. The van der Waals surface area contributed by atoms with Gasteiger partial charge < -0.3 is 10.2 Å². The summed E-state index contributed by atoms with van der Waals surface area (Å²) in [5.74, 6) is -0.365. The third kappa shape index (κ3) is 4.64. The van der Waals surface area contributed by atoms with E-state index in [0.717, 1.165) is 18.4 Å². The summed E-state index contributed by atoms with van der Waals surface area (Å²) in [6.07, 6.45) is 3.09. The van der Waals surface area contributed by atoms with Gasteiger partial charge in [-0.3, -0.25) is 10.2 Å². The van der Waals surface area contributed by atoms with Crippen LogP contribution in [-0.2, 0) is 16.0 Å². The number of carbonyl (C=O) groups excluding carboxylic acids is 1. The number of nitrogens with zero attached hydrogens (tertiary/aromatic N) is 5. The van der Waals surface area contributed by atoms with E-state index in [2.05, 4.69) is 11.2 Å². The van der Waals surface area contributed by atoms with Gasteiger partial charge in [-0.25, -0.2) is 0 Å². The van der Waals surface area contributed by atoms with E-state index in [0.29, 0.717) is 35.1 Å². The maximum atomic E-state index is 13.3. The van der Waals surface area contributed by atoms with Gasteiger partial charge in [-0.15, -0.1) is 11.8 Å². The fourth-order valence-electron chi connectivity index (χ4n) is 4.75. The number of rotatable bonds is 8. The molecule has 2 aliphatic heterocycles. The van der Waals surface area contributed by atoms with Crippen LogP contribution in [0.1, 0.15) is 58.6 Å². The zero-order valence-electron chi connectivity index (χ0n) is 20.7. The van der Waals surface area contributed by atoms with Gasteiger partial charge in [0.2, 0.25) is 0 Å². The largest absolute Gasteiger partial charge is 0.459 e. The average molecular weight is 554 g/mol. The van der Waals surface area contributed by atoms with Crippen molar-refractivity contribution in [2.24, 2.45) is 5.73 Å². The molecule has 38 heavy (non-hydrogen) atoms. The fraction of sp³-hybridized carbons (Fsp3) is 0.360. The average Bonchev–Trinajstić information content (AvgIpc) is 3.68. The summed E-state index contributed by atoms with van der Waals surface area (Å²) in [5, 5.41) is 22.6. The SMILES string of the molecule is CC1C(c2nn(C(=O)c3ccco3)c(SCc3ccc(C(=N)N)cc3)c2C#N)CN1S(=O)(=O)N1CCCC1. The number of benzene rings is 1. The zero-order chi connectivity index (χ0) is 27.0. The highest BCUT2D eigenvalue weighted by molar-refractivity contribution is 7.98.